The Kier molecular flexibility index (Phi) is 3.79. The van der Waals surface area contributed by atoms with Crippen molar-refractivity contribution in [3.8, 4) is 0 Å². The summed E-state index contributed by atoms with van der Waals surface area (Å²) in [5.74, 6) is 0. The first-order valence-corrected chi connectivity index (χ1v) is 3.34. The SMILES string of the molecule is ClC1(Cl)CCCC1.[Cr]. The summed E-state index contributed by atoms with van der Waals surface area (Å²) in [7, 11) is 0. The van der Waals surface area contributed by atoms with Gasteiger partial charge < -0.3 is 0 Å². The van der Waals surface area contributed by atoms with Crippen molar-refractivity contribution >= 4 is 23.2 Å². The van der Waals surface area contributed by atoms with Gasteiger partial charge in [0.1, 0.15) is 4.33 Å². The molecule has 3 heteroatoms. The van der Waals surface area contributed by atoms with E-state index in [4.69, 9.17) is 23.2 Å². The van der Waals surface area contributed by atoms with Crippen LogP contribution in [0, 0.1) is 0 Å². The molecule has 0 bridgehead atoms. The van der Waals surface area contributed by atoms with Crippen molar-refractivity contribution in [3.05, 3.63) is 0 Å². The van der Waals surface area contributed by atoms with Gasteiger partial charge in [0.15, 0.2) is 0 Å². The van der Waals surface area contributed by atoms with E-state index in [-0.39, 0.29) is 21.7 Å². The molecule has 0 nitrogen and oxygen atoms in total. The van der Waals surface area contributed by atoms with E-state index in [1.807, 2.05) is 0 Å². The molecule has 8 heavy (non-hydrogen) atoms. The van der Waals surface area contributed by atoms with Gasteiger partial charge in [-0.3, -0.25) is 0 Å². The molecule has 1 fully saturated rings. The maximum absolute atomic E-state index is 5.73. The normalized spacial score (nSPS) is 24.8. The molecule has 48 valence electrons. The molecule has 1 aliphatic carbocycles. The molecular weight excluding hydrogens is 183 g/mol. The van der Waals surface area contributed by atoms with Crippen LogP contribution in [0.5, 0.6) is 0 Å². The van der Waals surface area contributed by atoms with Crippen LogP contribution in [0.25, 0.3) is 0 Å². The predicted octanol–water partition coefficient (Wildman–Crippen LogP) is 2.73. The maximum atomic E-state index is 5.73. The van der Waals surface area contributed by atoms with E-state index in [0.29, 0.717) is 0 Å². The minimum Gasteiger partial charge on any atom is -0.102 e. The fraction of sp³-hybridized carbons (Fsp3) is 1.00. The van der Waals surface area contributed by atoms with E-state index in [1.54, 1.807) is 0 Å². The topological polar surface area (TPSA) is 0 Å². The fourth-order valence-electron chi connectivity index (χ4n) is 0.892. The quantitative estimate of drug-likeness (QED) is 0.516. The van der Waals surface area contributed by atoms with Gasteiger partial charge >= 0.3 is 0 Å². The predicted molar refractivity (Wildman–Crippen MR) is 32.9 cm³/mol. The van der Waals surface area contributed by atoms with Crippen molar-refractivity contribution in [2.45, 2.75) is 30.0 Å². The minimum atomic E-state index is -0.361. The van der Waals surface area contributed by atoms with Crippen LogP contribution in [0.2, 0.25) is 0 Å². The first-order valence-electron chi connectivity index (χ1n) is 2.59. The van der Waals surface area contributed by atoms with E-state index >= 15 is 0 Å². The molecule has 0 amide bonds. The largest absolute Gasteiger partial charge is 0.118 e. The zero-order chi connectivity index (χ0) is 5.33. The zero-order valence-corrected chi connectivity index (χ0v) is 7.28. The molecule has 0 aliphatic heterocycles. The van der Waals surface area contributed by atoms with E-state index in [9.17, 15) is 0 Å². The molecule has 0 N–H and O–H groups in total. The summed E-state index contributed by atoms with van der Waals surface area (Å²) in [5, 5.41) is 0. The second kappa shape index (κ2) is 3.32. The van der Waals surface area contributed by atoms with Crippen LogP contribution in [0.1, 0.15) is 25.7 Å². The van der Waals surface area contributed by atoms with Crippen molar-refractivity contribution in [3.63, 3.8) is 0 Å². The third-order valence-corrected chi connectivity index (χ3v) is 2.09. The number of alkyl halides is 2. The van der Waals surface area contributed by atoms with Gasteiger partial charge in [-0.05, 0) is 12.8 Å². The summed E-state index contributed by atoms with van der Waals surface area (Å²) >= 11 is 11.5. The Morgan fingerprint density at radius 2 is 1.38 bits per heavy atom. The fourth-order valence-corrected chi connectivity index (χ4v) is 1.43. The van der Waals surface area contributed by atoms with Crippen molar-refractivity contribution in [1.82, 2.24) is 0 Å². The first kappa shape index (κ1) is 9.11. The second-order valence-electron chi connectivity index (χ2n) is 2.06. The Bertz CT molecular complexity index is 64.8. The van der Waals surface area contributed by atoms with Gasteiger partial charge in [0.05, 0.1) is 0 Å². The molecule has 0 radical (unpaired) electrons. The van der Waals surface area contributed by atoms with Gasteiger partial charge in [0.2, 0.25) is 0 Å². The van der Waals surface area contributed by atoms with Gasteiger partial charge in [-0.15, -0.1) is 23.2 Å². The summed E-state index contributed by atoms with van der Waals surface area (Å²) in [5.41, 5.74) is 0. The van der Waals surface area contributed by atoms with E-state index in [1.165, 1.54) is 12.8 Å². The van der Waals surface area contributed by atoms with Crippen molar-refractivity contribution in [2.24, 2.45) is 0 Å². The molecule has 0 unspecified atom stereocenters. The van der Waals surface area contributed by atoms with E-state index < -0.39 is 0 Å². The molecule has 0 aromatic heterocycles. The maximum Gasteiger partial charge on any atom is 0.118 e. The van der Waals surface area contributed by atoms with Crippen LogP contribution < -0.4 is 0 Å². The molecule has 0 aromatic carbocycles. The van der Waals surface area contributed by atoms with Crippen LogP contribution >= 0.6 is 23.2 Å². The molecule has 0 atom stereocenters. The Morgan fingerprint density at radius 1 is 1.00 bits per heavy atom. The third-order valence-electron chi connectivity index (χ3n) is 1.34. The van der Waals surface area contributed by atoms with Crippen LogP contribution in [-0.2, 0) is 17.4 Å². The van der Waals surface area contributed by atoms with Crippen molar-refractivity contribution in [2.75, 3.05) is 0 Å². The van der Waals surface area contributed by atoms with Gasteiger partial charge in [0, 0.05) is 17.4 Å². The Balaban J connectivity index is 0.000000490. The smallest absolute Gasteiger partial charge is 0.102 e. The summed E-state index contributed by atoms with van der Waals surface area (Å²) in [6.45, 7) is 0. The van der Waals surface area contributed by atoms with Gasteiger partial charge in [-0.2, -0.15) is 0 Å². The second-order valence-corrected chi connectivity index (χ2v) is 3.70. The molecule has 1 rings (SSSR count). The first-order chi connectivity index (χ1) is 3.21. The van der Waals surface area contributed by atoms with Crippen LogP contribution in [0.15, 0.2) is 0 Å². The van der Waals surface area contributed by atoms with Crippen LogP contribution in [0.4, 0.5) is 0 Å². The number of halogens is 2. The minimum absolute atomic E-state index is 0. The Labute approximate surface area is 70.7 Å². The number of hydrogen-bond acceptors (Lipinski definition) is 0. The molecule has 0 spiro atoms. The molecule has 1 aliphatic rings. The third kappa shape index (κ3) is 2.60. The van der Waals surface area contributed by atoms with E-state index in [2.05, 4.69) is 0 Å². The number of rotatable bonds is 0. The molecule has 0 aromatic rings. The zero-order valence-electron chi connectivity index (χ0n) is 4.49. The molecule has 1 saturated carbocycles. The Hall–Kier alpha value is 1.11. The molecular formula is C5H8Cl2Cr. The summed E-state index contributed by atoms with van der Waals surface area (Å²) < 4.78 is -0.361. The molecule has 0 saturated heterocycles. The standard InChI is InChI=1S/C5H8Cl2.Cr/c6-5(7)3-1-2-4-5;/h1-4H2;. The van der Waals surface area contributed by atoms with Gasteiger partial charge in [0.25, 0.3) is 0 Å². The summed E-state index contributed by atoms with van der Waals surface area (Å²) in [4.78, 5) is 0. The summed E-state index contributed by atoms with van der Waals surface area (Å²) in [6.07, 6.45) is 4.37. The van der Waals surface area contributed by atoms with Crippen molar-refractivity contribution in [1.29, 1.82) is 0 Å². The van der Waals surface area contributed by atoms with Crippen LogP contribution in [0.3, 0.4) is 0 Å². The Morgan fingerprint density at radius 3 is 1.50 bits per heavy atom. The average Bonchev–Trinajstić information content (AvgIpc) is 1.84. The van der Waals surface area contributed by atoms with Crippen molar-refractivity contribution < 1.29 is 17.4 Å². The van der Waals surface area contributed by atoms with Crippen LogP contribution in [-0.4, -0.2) is 4.33 Å². The van der Waals surface area contributed by atoms with Gasteiger partial charge in [-0.25, -0.2) is 0 Å². The number of hydrogen-bond donors (Lipinski definition) is 0. The average molecular weight is 191 g/mol. The molecule has 0 heterocycles. The van der Waals surface area contributed by atoms with Gasteiger partial charge in [-0.1, -0.05) is 12.8 Å². The summed E-state index contributed by atoms with van der Waals surface area (Å²) in [6, 6.07) is 0. The monoisotopic (exact) mass is 190 g/mol. The van der Waals surface area contributed by atoms with E-state index in [0.717, 1.165) is 12.8 Å².